The van der Waals surface area contributed by atoms with Crippen molar-refractivity contribution < 1.29 is 14.3 Å². The second kappa shape index (κ2) is 16.6. The molecule has 0 aliphatic heterocycles. The summed E-state index contributed by atoms with van der Waals surface area (Å²) in [7, 11) is 5.69. The first kappa shape index (κ1) is 35.7. The summed E-state index contributed by atoms with van der Waals surface area (Å²) in [4.78, 5) is 38.6. The summed E-state index contributed by atoms with van der Waals surface area (Å²) in [6.45, 7) is 7.86. The highest BCUT2D eigenvalue weighted by molar-refractivity contribution is 6.35. The van der Waals surface area contributed by atoms with Crippen LogP contribution >= 0.6 is 23.2 Å². The van der Waals surface area contributed by atoms with E-state index in [2.05, 4.69) is 48.5 Å². The van der Waals surface area contributed by atoms with E-state index in [9.17, 15) is 9.59 Å². The molecule has 0 spiro atoms. The monoisotopic (exact) mass is 676 g/mol. The topological polar surface area (TPSA) is 99.7 Å². The molecule has 3 aromatic carbocycles. The van der Waals surface area contributed by atoms with E-state index in [0.29, 0.717) is 39.2 Å². The van der Waals surface area contributed by atoms with Crippen molar-refractivity contribution in [2.24, 2.45) is 0 Å². The molecular weight excluding hydrogens is 635 g/mol. The third-order valence-corrected chi connectivity index (χ3v) is 8.55. The predicted molar refractivity (Wildman–Crippen MR) is 192 cm³/mol. The molecule has 0 unspecified atom stereocenters. The van der Waals surface area contributed by atoms with Gasteiger partial charge in [-0.3, -0.25) is 9.69 Å². The van der Waals surface area contributed by atoms with Crippen molar-refractivity contribution in [1.82, 2.24) is 20.2 Å². The summed E-state index contributed by atoms with van der Waals surface area (Å²) in [5.41, 5.74) is 6.43. The van der Waals surface area contributed by atoms with Gasteiger partial charge in [0.15, 0.2) is 0 Å². The summed E-state index contributed by atoms with van der Waals surface area (Å²) in [5.74, 6) is 0.145. The number of benzene rings is 3. The van der Waals surface area contributed by atoms with Crippen molar-refractivity contribution in [2.45, 2.75) is 46.5 Å². The fourth-order valence-electron chi connectivity index (χ4n) is 4.95. The Morgan fingerprint density at radius 2 is 1.55 bits per heavy atom. The van der Waals surface area contributed by atoms with Crippen molar-refractivity contribution in [3.63, 3.8) is 0 Å². The van der Waals surface area contributed by atoms with Crippen LogP contribution in [0.3, 0.4) is 0 Å². The highest BCUT2D eigenvalue weighted by Gasteiger charge is 2.20. The van der Waals surface area contributed by atoms with Gasteiger partial charge in [0.1, 0.15) is 0 Å². The van der Waals surface area contributed by atoms with Crippen LogP contribution in [0, 0.1) is 20.8 Å². The van der Waals surface area contributed by atoms with E-state index in [-0.39, 0.29) is 17.7 Å². The number of amides is 2. The quantitative estimate of drug-likeness (QED) is 0.137. The second-order valence-electron chi connectivity index (χ2n) is 11.8. The second-order valence-corrected chi connectivity index (χ2v) is 12.6. The maximum atomic E-state index is 13.2. The minimum atomic E-state index is -0.703. The minimum Gasteiger partial charge on any atom is -0.391 e. The van der Waals surface area contributed by atoms with Gasteiger partial charge in [-0.15, -0.1) is 0 Å². The average Bonchev–Trinajstić information content (AvgIpc) is 3.04. The van der Waals surface area contributed by atoms with Gasteiger partial charge in [0, 0.05) is 41.5 Å². The van der Waals surface area contributed by atoms with Gasteiger partial charge in [0.2, 0.25) is 11.8 Å². The molecule has 0 saturated heterocycles. The number of ether oxygens (including phenoxy) is 1. The molecular formula is C36H42Cl2N6O3. The Morgan fingerprint density at radius 1 is 0.830 bits per heavy atom. The molecule has 0 saturated carbocycles. The van der Waals surface area contributed by atoms with E-state index in [1.807, 2.05) is 19.1 Å². The maximum absolute atomic E-state index is 13.2. The van der Waals surface area contributed by atoms with Crippen molar-refractivity contribution in [3.05, 3.63) is 93.0 Å². The fraction of sp³-hybridized carbons (Fsp3) is 0.333. The zero-order chi connectivity index (χ0) is 34.1. The van der Waals surface area contributed by atoms with Gasteiger partial charge in [-0.05, 0) is 113 Å². The molecule has 0 atom stereocenters. The Balaban J connectivity index is 1.51. The van der Waals surface area contributed by atoms with E-state index < -0.39 is 6.09 Å². The lowest BCUT2D eigenvalue weighted by Crippen LogP contribution is -2.30. The molecule has 1 aromatic heterocycles. The highest BCUT2D eigenvalue weighted by atomic mass is 35.5. The fourth-order valence-corrected chi connectivity index (χ4v) is 5.36. The number of carbonyl (C=O) groups is 2. The van der Waals surface area contributed by atoms with Crippen LogP contribution in [-0.2, 0) is 0 Å². The molecule has 9 nitrogen and oxygen atoms in total. The van der Waals surface area contributed by atoms with Crippen molar-refractivity contribution in [1.29, 1.82) is 0 Å². The smallest absolute Gasteiger partial charge is 0.391 e. The Labute approximate surface area is 287 Å². The molecule has 0 aliphatic carbocycles. The van der Waals surface area contributed by atoms with Gasteiger partial charge >= 0.3 is 6.09 Å². The Bertz CT molecular complexity index is 1710. The lowest BCUT2D eigenvalue weighted by atomic mass is 9.97. The molecule has 2 amide bonds. The lowest BCUT2D eigenvalue weighted by molar-refractivity contribution is 0.0953. The van der Waals surface area contributed by atoms with E-state index in [1.165, 1.54) is 4.90 Å². The number of aromatic nitrogens is 2. The molecule has 0 fully saturated rings. The van der Waals surface area contributed by atoms with Gasteiger partial charge in [-0.2, -0.15) is 4.98 Å². The first-order chi connectivity index (χ1) is 22.4. The zero-order valence-electron chi connectivity index (χ0n) is 27.8. The third-order valence-electron chi connectivity index (χ3n) is 7.99. The van der Waals surface area contributed by atoms with Crippen LogP contribution in [0.5, 0.6) is 5.88 Å². The van der Waals surface area contributed by atoms with Crippen LogP contribution in [0.25, 0.3) is 11.3 Å². The van der Waals surface area contributed by atoms with Crippen molar-refractivity contribution >= 4 is 52.5 Å². The molecule has 0 radical (unpaired) electrons. The standard InChI is InChI=1S/C36H42Cl2N6O3/c1-23-11-17-29(25(3)24(23)2)31-22-33(47-36(46)44(6)32-21-27(37)14-18-30(32)38)42-35(41-31)40-28-15-12-26(13-16-28)34(45)39-19-9-7-8-10-20-43(4)5/h11-18,21-22H,7-10,19-20H2,1-6H3,(H,39,45)(H,40,41,42). The molecule has 0 bridgehead atoms. The number of hydrogen-bond acceptors (Lipinski definition) is 7. The highest BCUT2D eigenvalue weighted by Crippen LogP contribution is 2.31. The average molecular weight is 678 g/mol. The lowest BCUT2D eigenvalue weighted by Gasteiger charge is -2.19. The zero-order valence-corrected chi connectivity index (χ0v) is 29.3. The molecule has 4 rings (SSSR count). The predicted octanol–water partition coefficient (Wildman–Crippen LogP) is 8.61. The SMILES string of the molecule is Cc1ccc(-c2cc(OC(=O)N(C)c3cc(Cl)ccc3Cl)nc(Nc3ccc(C(=O)NCCCCCCN(C)C)cc3)n2)c(C)c1C. The van der Waals surface area contributed by atoms with Gasteiger partial charge in [-0.1, -0.05) is 48.2 Å². The maximum Gasteiger partial charge on any atom is 0.420 e. The van der Waals surface area contributed by atoms with E-state index >= 15 is 0 Å². The van der Waals surface area contributed by atoms with E-state index in [1.54, 1.807) is 55.6 Å². The van der Waals surface area contributed by atoms with Crippen LogP contribution in [-0.4, -0.2) is 61.1 Å². The Morgan fingerprint density at radius 3 is 2.28 bits per heavy atom. The molecule has 4 aromatic rings. The normalized spacial score (nSPS) is 11.0. The van der Waals surface area contributed by atoms with E-state index in [4.69, 9.17) is 32.9 Å². The largest absolute Gasteiger partial charge is 0.420 e. The van der Waals surface area contributed by atoms with Gasteiger partial charge in [0.25, 0.3) is 5.91 Å². The van der Waals surface area contributed by atoms with Gasteiger partial charge in [0.05, 0.1) is 16.4 Å². The Hall–Kier alpha value is -4.18. The third kappa shape index (κ3) is 9.91. The number of rotatable bonds is 13. The first-order valence-corrected chi connectivity index (χ1v) is 16.4. The molecule has 47 heavy (non-hydrogen) atoms. The van der Waals surface area contributed by atoms with Crippen LogP contribution in [0.15, 0.2) is 60.7 Å². The summed E-state index contributed by atoms with van der Waals surface area (Å²) in [6.07, 6.45) is 3.63. The number of unbranched alkanes of at least 4 members (excludes halogenated alkanes) is 3. The molecule has 0 aliphatic rings. The number of nitrogens with one attached hydrogen (secondary N) is 2. The Kier molecular flexibility index (Phi) is 12.6. The molecule has 248 valence electrons. The summed E-state index contributed by atoms with van der Waals surface area (Å²) >= 11 is 12.5. The summed E-state index contributed by atoms with van der Waals surface area (Å²) < 4.78 is 5.73. The number of aryl methyl sites for hydroxylation is 1. The van der Waals surface area contributed by atoms with Crippen LogP contribution in [0.1, 0.15) is 52.7 Å². The number of hydrogen-bond donors (Lipinski definition) is 2. The number of anilines is 3. The van der Waals surface area contributed by atoms with Crippen LogP contribution in [0.2, 0.25) is 10.0 Å². The number of carbonyl (C=O) groups excluding carboxylic acids is 2. The number of nitrogens with zero attached hydrogens (tertiary/aromatic N) is 4. The van der Waals surface area contributed by atoms with E-state index in [0.717, 1.165) is 54.5 Å². The van der Waals surface area contributed by atoms with Crippen LogP contribution in [0.4, 0.5) is 22.1 Å². The summed E-state index contributed by atoms with van der Waals surface area (Å²) in [6, 6.07) is 17.5. The first-order valence-electron chi connectivity index (χ1n) is 15.6. The molecule has 1 heterocycles. The molecule has 2 N–H and O–H groups in total. The minimum absolute atomic E-state index is 0.0443. The van der Waals surface area contributed by atoms with Crippen molar-refractivity contribution in [2.75, 3.05) is 44.4 Å². The molecule has 11 heteroatoms. The van der Waals surface area contributed by atoms with Gasteiger partial charge < -0.3 is 20.3 Å². The van der Waals surface area contributed by atoms with Crippen molar-refractivity contribution in [3.8, 4) is 17.1 Å². The summed E-state index contributed by atoms with van der Waals surface area (Å²) in [5, 5.41) is 6.97. The number of halogens is 2. The van der Waals surface area contributed by atoms with Crippen LogP contribution < -0.4 is 20.3 Å². The van der Waals surface area contributed by atoms with Gasteiger partial charge in [-0.25, -0.2) is 9.78 Å².